The zero-order chi connectivity index (χ0) is 11.8. The second-order valence-electron chi connectivity index (χ2n) is 4.20. The molecule has 1 saturated carbocycles. The van der Waals surface area contributed by atoms with E-state index in [1.807, 2.05) is 6.07 Å². The van der Waals surface area contributed by atoms with Crippen LogP contribution in [-0.4, -0.2) is 19.7 Å². The molecule has 1 fully saturated rings. The van der Waals surface area contributed by atoms with Gasteiger partial charge in [-0.25, -0.2) is 8.42 Å². The maximum absolute atomic E-state index is 12.3. The molecule has 0 spiro atoms. The van der Waals surface area contributed by atoms with Crippen molar-refractivity contribution in [1.29, 1.82) is 0 Å². The summed E-state index contributed by atoms with van der Waals surface area (Å²) in [7, 11) is -3.20. The highest BCUT2D eigenvalue weighted by molar-refractivity contribution is 9.10. The van der Waals surface area contributed by atoms with Gasteiger partial charge in [-0.15, -0.1) is 0 Å². The summed E-state index contributed by atoms with van der Waals surface area (Å²) in [5.74, 6) is 0. The molecular formula is C11H14BrNO2S. The molecule has 0 aliphatic heterocycles. The average Bonchev–Trinajstić information content (AvgIpc) is 2.65. The predicted octanol–water partition coefficient (Wildman–Crippen LogP) is 2.10. The van der Waals surface area contributed by atoms with Crippen molar-refractivity contribution in [2.75, 3.05) is 0 Å². The Morgan fingerprint density at radius 1 is 1.31 bits per heavy atom. The van der Waals surface area contributed by atoms with Crippen LogP contribution in [0.5, 0.6) is 0 Å². The van der Waals surface area contributed by atoms with Gasteiger partial charge in [0.25, 0.3) is 0 Å². The molecule has 2 unspecified atom stereocenters. The summed E-state index contributed by atoms with van der Waals surface area (Å²) in [4.78, 5) is 0.390. The highest BCUT2D eigenvalue weighted by Crippen LogP contribution is 2.30. The number of nitrogens with two attached hydrogens (primary N) is 1. The first kappa shape index (κ1) is 12.1. The molecular weight excluding hydrogens is 290 g/mol. The first-order chi connectivity index (χ1) is 7.50. The van der Waals surface area contributed by atoms with Crippen LogP contribution >= 0.6 is 15.9 Å². The molecule has 3 nitrogen and oxygen atoms in total. The number of halogens is 1. The minimum Gasteiger partial charge on any atom is -0.328 e. The van der Waals surface area contributed by atoms with Gasteiger partial charge in [0.1, 0.15) is 0 Å². The van der Waals surface area contributed by atoms with E-state index in [1.54, 1.807) is 18.2 Å². The van der Waals surface area contributed by atoms with Crippen molar-refractivity contribution >= 4 is 25.8 Å². The Bertz CT molecular complexity index is 487. The summed E-state index contributed by atoms with van der Waals surface area (Å²) in [6.07, 6.45) is 2.06. The van der Waals surface area contributed by atoms with Crippen molar-refractivity contribution in [3.8, 4) is 0 Å². The molecule has 2 rings (SSSR count). The predicted molar refractivity (Wildman–Crippen MR) is 66.9 cm³/mol. The van der Waals surface area contributed by atoms with Crippen molar-refractivity contribution in [3.63, 3.8) is 0 Å². The molecule has 1 aromatic rings. The Morgan fingerprint density at radius 3 is 2.62 bits per heavy atom. The molecule has 2 atom stereocenters. The minimum atomic E-state index is -3.20. The van der Waals surface area contributed by atoms with Crippen LogP contribution in [0.25, 0.3) is 0 Å². The van der Waals surface area contributed by atoms with Gasteiger partial charge in [-0.2, -0.15) is 0 Å². The van der Waals surface area contributed by atoms with Crippen LogP contribution in [0.1, 0.15) is 19.3 Å². The first-order valence-corrected chi connectivity index (χ1v) is 7.59. The third-order valence-electron chi connectivity index (χ3n) is 2.99. The molecule has 1 aromatic carbocycles. The summed E-state index contributed by atoms with van der Waals surface area (Å²) in [6.45, 7) is 0. The van der Waals surface area contributed by atoms with E-state index in [9.17, 15) is 8.42 Å². The standard InChI is InChI=1S/C11H14BrNO2S/c12-8-2-1-3-10(6-8)16(14,15)11-5-4-9(13)7-11/h1-3,6,9,11H,4-5,7,13H2. The van der Waals surface area contributed by atoms with Crippen molar-refractivity contribution < 1.29 is 8.42 Å². The normalized spacial score (nSPS) is 25.9. The lowest BCUT2D eigenvalue weighted by Crippen LogP contribution is -2.22. The van der Waals surface area contributed by atoms with E-state index in [0.29, 0.717) is 17.7 Å². The zero-order valence-corrected chi connectivity index (χ0v) is 11.2. The van der Waals surface area contributed by atoms with E-state index < -0.39 is 9.84 Å². The molecule has 1 aliphatic carbocycles. The number of rotatable bonds is 2. The third kappa shape index (κ3) is 2.31. The number of hydrogen-bond acceptors (Lipinski definition) is 3. The molecule has 5 heteroatoms. The lowest BCUT2D eigenvalue weighted by Gasteiger charge is -2.11. The van der Waals surface area contributed by atoms with Crippen LogP contribution in [0.3, 0.4) is 0 Å². The molecule has 0 radical (unpaired) electrons. The fraction of sp³-hybridized carbons (Fsp3) is 0.455. The Labute approximate surface area is 104 Å². The molecule has 0 bridgehead atoms. The molecule has 0 heterocycles. The lowest BCUT2D eigenvalue weighted by atomic mass is 10.3. The second-order valence-corrected chi connectivity index (χ2v) is 7.34. The topological polar surface area (TPSA) is 60.2 Å². The van der Waals surface area contributed by atoms with E-state index in [0.717, 1.165) is 10.9 Å². The molecule has 1 aliphatic rings. The Balaban J connectivity index is 2.32. The lowest BCUT2D eigenvalue weighted by molar-refractivity contribution is 0.578. The number of benzene rings is 1. The van der Waals surface area contributed by atoms with Crippen LogP contribution in [0.15, 0.2) is 33.6 Å². The zero-order valence-electron chi connectivity index (χ0n) is 8.77. The average molecular weight is 304 g/mol. The van der Waals surface area contributed by atoms with Gasteiger partial charge in [-0.1, -0.05) is 22.0 Å². The van der Waals surface area contributed by atoms with Gasteiger partial charge in [0.2, 0.25) is 0 Å². The Hall–Kier alpha value is -0.390. The van der Waals surface area contributed by atoms with Crippen LogP contribution in [0.2, 0.25) is 0 Å². The summed E-state index contributed by atoms with van der Waals surface area (Å²) in [5, 5.41) is -0.309. The summed E-state index contributed by atoms with van der Waals surface area (Å²) < 4.78 is 25.3. The van der Waals surface area contributed by atoms with E-state index >= 15 is 0 Å². The van der Waals surface area contributed by atoms with Crippen LogP contribution < -0.4 is 5.73 Å². The molecule has 0 aromatic heterocycles. The molecule has 16 heavy (non-hydrogen) atoms. The molecule has 2 N–H and O–H groups in total. The SMILES string of the molecule is NC1CCC(S(=O)(=O)c2cccc(Br)c2)C1. The van der Waals surface area contributed by atoms with Crippen molar-refractivity contribution in [2.24, 2.45) is 5.73 Å². The van der Waals surface area contributed by atoms with Crippen molar-refractivity contribution in [3.05, 3.63) is 28.7 Å². The summed E-state index contributed by atoms with van der Waals surface area (Å²) in [5.41, 5.74) is 5.76. The summed E-state index contributed by atoms with van der Waals surface area (Å²) in [6, 6.07) is 6.89. The largest absolute Gasteiger partial charge is 0.328 e. The second kappa shape index (κ2) is 4.47. The van der Waals surface area contributed by atoms with Gasteiger partial charge in [-0.3, -0.25) is 0 Å². The maximum Gasteiger partial charge on any atom is 0.181 e. The van der Waals surface area contributed by atoms with E-state index in [1.165, 1.54) is 0 Å². The molecule has 88 valence electrons. The molecule has 0 amide bonds. The van der Waals surface area contributed by atoms with E-state index in [2.05, 4.69) is 15.9 Å². The van der Waals surface area contributed by atoms with Crippen molar-refractivity contribution in [1.82, 2.24) is 0 Å². The summed E-state index contributed by atoms with van der Waals surface area (Å²) >= 11 is 3.29. The smallest absolute Gasteiger partial charge is 0.181 e. The van der Waals surface area contributed by atoms with Gasteiger partial charge >= 0.3 is 0 Å². The Morgan fingerprint density at radius 2 is 2.06 bits per heavy atom. The maximum atomic E-state index is 12.3. The van der Waals surface area contributed by atoms with Gasteiger partial charge in [-0.05, 0) is 37.5 Å². The first-order valence-electron chi connectivity index (χ1n) is 5.25. The highest BCUT2D eigenvalue weighted by atomic mass is 79.9. The third-order valence-corrected chi connectivity index (χ3v) is 5.70. The van der Waals surface area contributed by atoms with Gasteiger partial charge in [0.15, 0.2) is 9.84 Å². The van der Waals surface area contributed by atoms with Gasteiger partial charge in [0.05, 0.1) is 10.1 Å². The number of sulfone groups is 1. The minimum absolute atomic E-state index is 0.0342. The van der Waals surface area contributed by atoms with Gasteiger partial charge in [0, 0.05) is 10.5 Å². The Kier molecular flexibility index (Phi) is 3.37. The highest BCUT2D eigenvalue weighted by Gasteiger charge is 2.33. The van der Waals surface area contributed by atoms with E-state index in [4.69, 9.17) is 5.73 Å². The fourth-order valence-corrected chi connectivity index (χ4v) is 4.53. The number of hydrogen-bond donors (Lipinski definition) is 1. The van der Waals surface area contributed by atoms with E-state index in [-0.39, 0.29) is 11.3 Å². The van der Waals surface area contributed by atoms with Gasteiger partial charge < -0.3 is 5.73 Å². The van der Waals surface area contributed by atoms with Crippen LogP contribution in [0, 0.1) is 0 Å². The van der Waals surface area contributed by atoms with Crippen LogP contribution in [0.4, 0.5) is 0 Å². The fourth-order valence-electron chi connectivity index (χ4n) is 2.09. The molecule has 0 saturated heterocycles. The quantitative estimate of drug-likeness (QED) is 0.910. The van der Waals surface area contributed by atoms with Crippen molar-refractivity contribution in [2.45, 2.75) is 35.4 Å². The van der Waals surface area contributed by atoms with Crippen LogP contribution in [-0.2, 0) is 9.84 Å². The monoisotopic (exact) mass is 303 g/mol.